The van der Waals surface area contributed by atoms with Crippen LogP contribution in [0.15, 0.2) is 30.3 Å². The molecule has 0 bridgehead atoms. The number of benzene rings is 1. The maximum Gasteiger partial charge on any atom is 0.387 e. The minimum absolute atomic E-state index is 0.407. The topological polar surface area (TPSA) is 35.5 Å². The summed E-state index contributed by atoms with van der Waals surface area (Å²) >= 11 is 10.4. The molecule has 0 spiro atoms. The smallest absolute Gasteiger partial charge is 0.287 e. The summed E-state index contributed by atoms with van der Waals surface area (Å²) < 4.78 is 0. The molecule has 0 amide bonds. The normalized spacial score (nSPS) is 9.77. The summed E-state index contributed by atoms with van der Waals surface area (Å²) in [7, 11) is 0. The largest absolute Gasteiger partial charge is 0.387 e. The highest BCUT2D eigenvalue weighted by molar-refractivity contribution is 6.52. The zero-order valence-electron chi connectivity index (χ0n) is 6.44. The molecule has 1 aromatic carbocycles. The van der Waals surface area contributed by atoms with Crippen LogP contribution in [0, 0.1) is 0 Å². The van der Waals surface area contributed by atoms with Crippen molar-refractivity contribution in [1.82, 2.24) is 0 Å². The van der Waals surface area contributed by atoms with E-state index >= 15 is 0 Å². The molecule has 1 rings (SSSR count). The van der Waals surface area contributed by atoms with Crippen LogP contribution in [-0.2, 0) is 9.68 Å². The van der Waals surface area contributed by atoms with Gasteiger partial charge < -0.3 is 0 Å². The lowest BCUT2D eigenvalue weighted by atomic mass is 10.3. The van der Waals surface area contributed by atoms with Gasteiger partial charge >= 0.3 is 5.97 Å². The van der Waals surface area contributed by atoms with Gasteiger partial charge in [-0.1, -0.05) is 41.4 Å². The van der Waals surface area contributed by atoms with E-state index in [4.69, 9.17) is 23.2 Å². The lowest BCUT2D eigenvalue weighted by Crippen LogP contribution is -2.14. The van der Waals surface area contributed by atoms with Gasteiger partial charge in [0.15, 0.2) is 5.75 Å². The molecule has 0 fully saturated rings. The first-order valence-corrected chi connectivity index (χ1v) is 4.29. The van der Waals surface area contributed by atoms with Crippen molar-refractivity contribution in [3.05, 3.63) is 30.3 Å². The molecule has 13 heavy (non-hydrogen) atoms. The van der Waals surface area contributed by atoms with Crippen LogP contribution in [-0.4, -0.2) is 10.8 Å². The molecule has 0 unspecified atom stereocenters. The van der Waals surface area contributed by atoms with Gasteiger partial charge in [0.2, 0.25) is 4.84 Å². The number of alkyl halides is 2. The standard InChI is InChI=1S/C8H6Cl2O3/c9-7(10)8(11)13-12-6-4-2-1-3-5-6/h1-5,7H. The van der Waals surface area contributed by atoms with E-state index in [1.165, 1.54) is 0 Å². The molecule has 0 N–H and O–H groups in total. The molecule has 3 nitrogen and oxygen atoms in total. The van der Waals surface area contributed by atoms with E-state index in [2.05, 4.69) is 9.78 Å². The number of para-hydroxylation sites is 1. The summed E-state index contributed by atoms with van der Waals surface area (Å²) in [5, 5.41) is 0. The van der Waals surface area contributed by atoms with Gasteiger partial charge in [-0.15, -0.1) is 0 Å². The van der Waals surface area contributed by atoms with E-state index in [-0.39, 0.29) is 0 Å². The fourth-order valence-corrected chi connectivity index (χ4v) is 0.674. The summed E-state index contributed by atoms with van der Waals surface area (Å²) in [6, 6.07) is 8.54. The maximum atomic E-state index is 10.7. The Bertz CT molecular complexity index is 274. The fourth-order valence-electron chi connectivity index (χ4n) is 0.602. The molecular weight excluding hydrogens is 215 g/mol. The van der Waals surface area contributed by atoms with Crippen LogP contribution < -0.4 is 4.89 Å². The minimum atomic E-state index is -1.23. The highest BCUT2D eigenvalue weighted by Crippen LogP contribution is 2.10. The third kappa shape index (κ3) is 3.53. The number of hydrogen-bond donors (Lipinski definition) is 0. The lowest BCUT2D eigenvalue weighted by molar-refractivity contribution is -0.211. The molecule has 5 heteroatoms. The molecule has 0 saturated carbocycles. The van der Waals surface area contributed by atoms with Gasteiger partial charge in [0.1, 0.15) is 0 Å². The van der Waals surface area contributed by atoms with Crippen LogP contribution in [0.25, 0.3) is 0 Å². The van der Waals surface area contributed by atoms with Crippen molar-refractivity contribution < 1.29 is 14.6 Å². The zero-order chi connectivity index (χ0) is 9.68. The first kappa shape index (κ1) is 10.2. The Morgan fingerprint density at radius 2 is 1.85 bits per heavy atom. The monoisotopic (exact) mass is 220 g/mol. The van der Waals surface area contributed by atoms with Crippen molar-refractivity contribution in [3.8, 4) is 5.75 Å². The molecule has 0 heterocycles. The molecule has 0 saturated heterocycles. The van der Waals surface area contributed by atoms with Crippen LogP contribution in [0.3, 0.4) is 0 Å². The van der Waals surface area contributed by atoms with Crippen molar-refractivity contribution in [3.63, 3.8) is 0 Å². The van der Waals surface area contributed by atoms with Gasteiger partial charge in [0.05, 0.1) is 0 Å². The second kappa shape index (κ2) is 4.94. The van der Waals surface area contributed by atoms with Crippen LogP contribution >= 0.6 is 23.2 Å². The summed E-state index contributed by atoms with van der Waals surface area (Å²) in [5.41, 5.74) is 0. The Hall–Kier alpha value is -0.930. The summed E-state index contributed by atoms with van der Waals surface area (Å²) in [5.74, 6) is -0.433. The average molecular weight is 221 g/mol. The molecular formula is C8H6Cl2O3. The molecule has 70 valence electrons. The van der Waals surface area contributed by atoms with Gasteiger partial charge in [-0.25, -0.2) is 9.68 Å². The molecule has 1 aromatic rings. The van der Waals surface area contributed by atoms with Crippen molar-refractivity contribution in [1.29, 1.82) is 0 Å². The Labute approximate surface area is 85.1 Å². The molecule has 0 aliphatic rings. The highest BCUT2D eigenvalue weighted by atomic mass is 35.5. The fraction of sp³-hybridized carbons (Fsp3) is 0.125. The van der Waals surface area contributed by atoms with Crippen LogP contribution in [0.1, 0.15) is 0 Å². The van der Waals surface area contributed by atoms with E-state index < -0.39 is 10.8 Å². The van der Waals surface area contributed by atoms with Crippen molar-refractivity contribution >= 4 is 29.2 Å². The van der Waals surface area contributed by atoms with Gasteiger partial charge in [0.25, 0.3) is 0 Å². The predicted octanol–water partition coefficient (Wildman–Crippen LogP) is 2.33. The Balaban J connectivity index is 2.40. The van der Waals surface area contributed by atoms with E-state index in [9.17, 15) is 4.79 Å². The van der Waals surface area contributed by atoms with E-state index in [0.717, 1.165) is 0 Å². The van der Waals surface area contributed by atoms with Crippen molar-refractivity contribution in [2.45, 2.75) is 4.84 Å². The van der Waals surface area contributed by atoms with E-state index in [1.54, 1.807) is 30.3 Å². The maximum absolute atomic E-state index is 10.7. The quantitative estimate of drug-likeness (QED) is 0.446. The van der Waals surface area contributed by atoms with Crippen LogP contribution in [0.4, 0.5) is 0 Å². The number of hydrogen-bond acceptors (Lipinski definition) is 3. The Morgan fingerprint density at radius 1 is 1.23 bits per heavy atom. The first-order chi connectivity index (χ1) is 6.20. The zero-order valence-corrected chi connectivity index (χ0v) is 7.96. The minimum Gasteiger partial charge on any atom is -0.287 e. The Morgan fingerprint density at radius 3 is 2.38 bits per heavy atom. The predicted molar refractivity (Wildman–Crippen MR) is 48.7 cm³/mol. The second-order valence-corrected chi connectivity index (χ2v) is 3.20. The van der Waals surface area contributed by atoms with Crippen LogP contribution in [0.2, 0.25) is 0 Å². The SMILES string of the molecule is O=C(OOc1ccccc1)C(Cl)Cl. The molecule has 0 aliphatic carbocycles. The van der Waals surface area contributed by atoms with Crippen molar-refractivity contribution in [2.75, 3.05) is 0 Å². The van der Waals surface area contributed by atoms with Gasteiger partial charge in [-0.05, 0) is 12.1 Å². The number of carbonyl (C=O) groups is 1. The highest BCUT2D eigenvalue weighted by Gasteiger charge is 2.14. The summed E-state index contributed by atoms with van der Waals surface area (Å²) in [4.78, 5) is 18.4. The van der Waals surface area contributed by atoms with Gasteiger partial charge in [-0.2, -0.15) is 0 Å². The van der Waals surface area contributed by atoms with E-state index in [0.29, 0.717) is 5.75 Å². The van der Waals surface area contributed by atoms with Gasteiger partial charge in [-0.3, -0.25) is 4.89 Å². The summed E-state index contributed by atoms with van der Waals surface area (Å²) in [6.45, 7) is 0. The van der Waals surface area contributed by atoms with E-state index in [1.807, 2.05) is 0 Å². The van der Waals surface area contributed by atoms with Crippen LogP contribution in [0.5, 0.6) is 5.75 Å². The lowest BCUT2D eigenvalue weighted by Gasteiger charge is -2.03. The number of rotatable bonds is 3. The van der Waals surface area contributed by atoms with Crippen molar-refractivity contribution in [2.24, 2.45) is 0 Å². The second-order valence-electron chi connectivity index (χ2n) is 2.10. The number of carbonyl (C=O) groups excluding carboxylic acids is 1. The summed E-state index contributed by atoms with van der Waals surface area (Å²) in [6.07, 6.45) is 0. The third-order valence-corrected chi connectivity index (χ3v) is 1.50. The molecule has 0 radical (unpaired) electrons. The first-order valence-electron chi connectivity index (χ1n) is 3.41. The molecule has 0 aromatic heterocycles. The molecule has 0 aliphatic heterocycles. The molecule has 0 atom stereocenters. The average Bonchev–Trinajstić information content (AvgIpc) is 2.15. The number of halogens is 2. The third-order valence-electron chi connectivity index (χ3n) is 1.14. The van der Waals surface area contributed by atoms with Gasteiger partial charge in [0, 0.05) is 0 Å². The Kier molecular flexibility index (Phi) is 3.86.